The molecule has 1 aromatic carbocycles. The molecular weight excluding hydrogens is 376 g/mol. The van der Waals surface area contributed by atoms with E-state index in [1.807, 2.05) is 0 Å². The lowest BCUT2D eigenvalue weighted by Crippen LogP contribution is -2.36. The molecule has 8 heteroatoms. The van der Waals surface area contributed by atoms with Gasteiger partial charge in [-0.3, -0.25) is 9.36 Å². The third-order valence-corrected chi connectivity index (χ3v) is 5.44. The van der Waals surface area contributed by atoms with Gasteiger partial charge >= 0.3 is 5.69 Å². The van der Waals surface area contributed by atoms with Crippen LogP contribution in [0.25, 0.3) is 0 Å². The van der Waals surface area contributed by atoms with Crippen molar-refractivity contribution in [2.45, 2.75) is 38.5 Å². The lowest BCUT2D eigenvalue weighted by atomic mass is 10.1. The molecule has 0 aliphatic carbocycles. The Balaban J connectivity index is 1.90. The monoisotopic (exact) mass is 402 g/mol. The predicted molar refractivity (Wildman–Crippen MR) is 116 cm³/mol. The van der Waals surface area contributed by atoms with Crippen molar-refractivity contribution in [1.82, 2.24) is 9.55 Å². The normalized spacial score (nSPS) is 12.6. The molecule has 28 heavy (non-hydrogen) atoms. The number of aryl methyl sites for hydroxylation is 2. The van der Waals surface area contributed by atoms with Gasteiger partial charge < -0.3 is 9.82 Å². The first-order valence-corrected chi connectivity index (χ1v) is 10.3. The zero-order valence-electron chi connectivity index (χ0n) is 16.5. The zero-order chi connectivity index (χ0) is 20.5. The molecule has 0 spiro atoms. The lowest BCUT2D eigenvalue weighted by molar-refractivity contribution is 0.133. The minimum absolute atomic E-state index is 0.0926. The van der Waals surface area contributed by atoms with Gasteiger partial charge in [-0.15, -0.1) is 0 Å². The molecule has 1 unspecified atom stereocenters. The number of amidine groups is 1. The third-order valence-electron chi connectivity index (χ3n) is 4.36. The average molecular weight is 403 g/mol. The zero-order valence-corrected chi connectivity index (χ0v) is 17.3. The molecule has 2 rings (SSSR count). The van der Waals surface area contributed by atoms with E-state index in [9.17, 15) is 9.59 Å². The molecule has 0 bridgehead atoms. The van der Waals surface area contributed by atoms with Crippen LogP contribution in [0.2, 0.25) is 0 Å². The van der Waals surface area contributed by atoms with Crippen LogP contribution in [0.15, 0.2) is 50.2 Å². The van der Waals surface area contributed by atoms with Gasteiger partial charge in [-0.05, 0) is 38.8 Å². The number of benzene rings is 1. The van der Waals surface area contributed by atoms with Crippen LogP contribution in [-0.4, -0.2) is 35.0 Å². The highest BCUT2D eigenvalue weighted by atomic mass is 32.2. The molecule has 1 atom stereocenters. The van der Waals surface area contributed by atoms with E-state index >= 15 is 0 Å². The highest BCUT2D eigenvalue weighted by Gasteiger charge is 2.11. The van der Waals surface area contributed by atoms with Crippen molar-refractivity contribution in [3.63, 3.8) is 0 Å². The summed E-state index contributed by atoms with van der Waals surface area (Å²) in [6.45, 7) is 7.46. The smallest absolute Gasteiger partial charge is 0.328 e. The van der Waals surface area contributed by atoms with Crippen LogP contribution in [0.3, 0.4) is 0 Å². The number of aromatic nitrogens is 2. The second-order valence-corrected chi connectivity index (χ2v) is 7.45. The van der Waals surface area contributed by atoms with Crippen molar-refractivity contribution in [2.75, 3.05) is 12.9 Å². The number of aromatic amines is 1. The Hall–Kier alpha value is -2.61. The SMILES string of the molecule is C=N/C(CCC(SC)c1ccc(C)cc1)=N\OCCn1c(=O)[nH]cc(C)c1=O. The Morgan fingerprint density at radius 1 is 1.29 bits per heavy atom. The maximum Gasteiger partial charge on any atom is 0.328 e. The van der Waals surface area contributed by atoms with Gasteiger partial charge in [-0.1, -0.05) is 35.0 Å². The highest BCUT2D eigenvalue weighted by Crippen LogP contribution is 2.31. The van der Waals surface area contributed by atoms with Gasteiger partial charge in [-0.25, -0.2) is 9.79 Å². The molecule has 0 saturated heterocycles. The number of rotatable bonds is 9. The summed E-state index contributed by atoms with van der Waals surface area (Å²) in [5.41, 5.74) is 2.17. The van der Waals surface area contributed by atoms with Crippen molar-refractivity contribution in [3.8, 4) is 0 Å². The van der Waals surface area contributed by atoms with Crippen molar-refractivity contribution in [1.29, 1.82) is 0 Å². The van der Waals surface area contributed by atoms with Crippen LogP contribution >= 0.6 is 11.8 Å². The number of nitrogens with zero attached hydrogens (tertiary/aromatic N) is 3. The summed E-state index contributed by atoms with van der Waals surface area (Å²) in [6.07, 6.45) is 4.95. The Morgan fingerprint density at radius 2 is 2.00 bits per heavy atom. The molecule has 0 radical (unpaired) electrons. The van der Waals surface area contributed by atoms with Crippen LogP contribution in [0.4, 0.5) is 0 Å². The molecule has 0 aliphatic heterocycles. The van der Waals surface area contributed by atoms with Gasteiger partial charge in [0.05, 0.1) is 6.54 Å². The van der Waals surface area contributed by atoms with Gasteiger partial charge in [0.15, 0.2) is 5.84 Å². The van der Waals surface area contributed by atoms with Gasteiger partial charge in [0.25, 0.3) is 5.56 Å². The molecule has 0 fully saturated rings. The van der Waals surface area contributed by atoms with Crippen molar-refractivity contribution in [2.24, 2.45) is 10.1 Å². The quantitative estimate of drug-likeness (QED) is 0.302. The number of hydrogen-bond donors (Lipinski definition) is 1. The molecule has 1 aromatic heterocycles. The first-order chi connectivity index (χ1) is 13.5. The first-order valence-electron chi connectivity index (χ1n) is 9.00. The number of oxime groups is 1. The molecule has 1 N–H and O–H groups in total. The molecule has 2 aromatic rings. The van der Waals surface area contributed by atoms with Crippen LogP contribution in [-0.2, 0) is 11.4 Å². The summed E-state index contributed by atoms with van der Waals surface area (Å²) >= 11 is 1.78. The summed E-state index contributed by atoms with van der Waals surface area (Å²) in [4.78, 5) is 35.4. The molecular formula is C20H26N4O3S. The molecule has 150 valence electrons. The summed E-state index contributed by atoms with van der Waals surface area (Å²) in [6, 6.07) is 8.50. The van der Waals surface area contributed by atoms with Crippen LogP contribution in [0.1, 0.15) is 34.8 Å². The van der Waals surface area contributed by atoms with Gasteiger partial charge in [-0.2, -0.15) is 11.8 Å². The molecule has 0 saturated carbocycles. The van der Waals surface area contributed by atoms with E-state index in [2.05, 4.69) is 59.3 Å². The Morgan fingerprint density at radius 3 is 2.64 bits per heavy atom. The topological polar surface area (TPSA) is 88.8 Å². The van der Waals surface area contributed by atoms with Crippen LogP contribution < -0.4 is 11.2 Å². The maximum atomic E-state index is 12.0. The maximum absolute atomic E-state index is 12.0. The van der Waals surface area contributed by atoms with Crippen LogP contribution in [0, 0.1) is 13.8 Å². The Labute approximate surface area is 168 Å². The van der Waals surface area contributed by atoms with Gasteiger partial charge in [0.2, 0.25) is 0 Å². The van der Waals surface area contributed by atoms with Gasteiger partial charge in [0.1, 0.15) is 6.61 Å². The lowest BCUT2D eigenvalue weighted by Gasteiger charge is -2.14. The standard InChI is InChI=1S/C20H26N4O3S/c1-14-5-7-16(8-6-14)17(28-4)9-10-18(21-3)23-27-12-11-24-19(25)15(2)13-22-20(24)26/h5-8,13,17H,3,9-12H2,1-2,4H3,(H,22,26)/b23-18-. The average Bonchev–Trinajstić information content (AvgIpc) is 2.70. The number of H-pyrrole nitrogens is 1. The van der Waals surface area contributed by atoms with Crippen LogP contribution in [0.5, 0.6) is 0 Å². The number of thioether (sulfide) groups is 1. The number of hydrogen-bond acceptors (Lipinski definition) is 5. The second-order valence-electron chi connectivity index (χ2n) is 6.41. The van der Waals surface area contributed by atoms with E-state index in [1.165, 1.54) is 17.3 Å². The van der Waals surface area contributed by atoms with E-state index in [0.29, 0.717) is 23.1 Å². The minimum Gasteiger partial charge on any atom is -0.392 e. The first kappa shape index (κ1) is 21.7. The van der Waals surface area contributed by atoms with Gasteiger partial charge in [0, 0.05) is 23.4 Å². The molecule has 7 nitrogen and oxygen atoms in total. The minimum atomic E-state index is -0.467. The molecule has 1 heterocycles. The van der Waals surface area contributed by atoms with E-state index in [-0.39, 0.29) is 18.7 Å². The van der Waals surface area contributed by atoms with E-state index in [4.69, 9.17) is 4.84 Å². The second kappa shape index (κ2) is 10.7. The van der Waals surface area contributed by atoms with E-state index in [1.54, 1.807) is 18.7 Å². The molecule has 0 amide bonds. The highest BCUT2D eigenvalue weighted by molar-refractivity contribution is 7.98. The Bertz CT molecular complexity index is 932. The van der Waals surface area contributed by atoms with E-state index < -0.39 is 5.69 Å². The van der Waals surface area contributed by atoms with Crippen molar-refractivity contribution < 1.29 is 4.84 Å². The summed E-state index contributed by atoms with van der Waals surface area (Å²) < 4.78 is 1.09. The van der Waals surface area contributed by atoms with Crippen molar-refractivity contribution >= 4 is 24.3 Å². The van der Waals surface area contributed by atoms with E-state index in [0.717, 1.165) is 11.0 Å². The Kier molecular flexibility index (Phi) is 8.25. The summed E-state index contributed by atoms with van der Waals surface area (Å²) in [5.74, 6) is 0.497. The third kappa shape index (κ3) is 5.95. The summed E-state index contributed by atoms with van der Waals surface area (Å²) in [7, 11) is 0. The number of nitrogens with one attached hydrogen (secondary N) is 1. The fourth-order valence-corrected chi connectivity index (χ4v) is 3.47. The fourth-order valence-electron chi connectivity index (χ4n) is 2.69. The number of aliphatic imine (C=N–C) groups is 1. The molecule has 0 aliphatic rings. The largest absolute Gasteiger partial charge is 0.392 e. The fraction of sp³-hybridized carbons (Fsp3) is 0.400. The predicted octanol–water partition coefficient (Wildman–Crippen LogP) is 3.07. The summed E-state index contributed by atoms with van der Waals surface area (Å²) in [5, 5.41) is 4.33. The van der Waals surface area contributed by atoms with Crippen molar-refractivity contribution in [3.05, 3.63) is 68.0 Å².